The standard InChI is InChI=1S/C17H21NO/c1-14(15-8-4-2-5-9-15)12-18-13-17(19)16-10-6-3-7-11-16/h2-11,14,17-19H,12-13H2,1H3/t14-,17-/m1/s1. The molecule has 0 fully saturated rings. The van der Waals surface area contributed by atoms with Gasteiger partial charge in [0.2, 0.25) is 0 Å². The number of aliphatic hydroxyl groups is 1. The average molecular weight is 255 g/mol. The van der Waals surface area contributed by atoms with Gasteiger partial charge in [0.1, 0.15) is 0 Å². The second-order valence-corrected chi connectivity index (χ2v) is 4.90. The molecule has 0 unspecified atom stereocenters. The van der Waals surface area contributed by atoms with Crippen LogP contribution in [0, 0.1) is 0 Å². The molecule has 2 aromatic rings. The Morgan fingerprint density at radius 1 is 0.842 bits per heavy atom. The molecular formula is C17H21NO. The van der Waals surface area contributed by atoms with Crippen LogP contribution in [0.3, 0.4) is 0 Å². The highest BCUT2D eigenvalue weighted by Gasteiger charge is 2.08. The van der Waals surface area contributed by atoms with Crippen LogP contribution in [0.1, 0.15) is 30.1 Å². The van der Waals surface area contributed by atoms with Crippen LogP contribution in [0.15, 0.2) is 60.7 Å². The Morgan fingerprint density at radius 2 is 1.37 bits per heavy atom. The van der Waals surface area contributed by atoms with Gasteiger partial charge in [-0.1, -0.05) is 67.6 Å². The van der Waals surface area contributed by atoms with Gasteiger partial charge in [0, 0.05) is 13.1 Å². The molecule has 0 aliphatic rings. The lowest BCUT2D eigenvalue weighted by Gasteiger charge is -2.16. The van der Waals surface area contributed by atoms with Crippen molar-refractivity contribution in [1.82, 2.24) is 5.32 Å². The number of nitrogens with one attached hydrogen (secondary N) is 1. The highest BCUT2D eigenvalue weighted by atomic mass is 16.3. The maximum Gasteiger partial charge on any atom is 0.0914 e. The summed E-state index contributed by atoms with van der Waals surface area (Å²) < 4.78 is 0. The van der Waals surface area contributed by atoms with Gasteiger partial charge < -0.3 is 10.4 Å². The molecule has 0 aliphatic heterocycles. The van der Waals surface area contributed by atoms with E-state index in [0.29, 0.717) is 12.5 Å². The average Bonchev–Trinajstić information content (AvgIpc) is 2.49. The first kappa shape index (κ1) is 13.8. The molecule has 0 spiro atoms. The lowest BCUT2D eigenvalue weighted by molar-refractivity contribution is 0.174. The van der Waals surface area contributed by atoms with E-state index in [0.717, 1.165) is 12.1 Å². The van der Waals surface area contributed by atoms with E-state index in [1.165, 1.54) is 5.56 Å². The number of hydrogen-bond donors (Lipinski definition) is 2. The van der Waals surface area contributed by atoms with Crippen LogP contribution in [0.4, 0.5) is 0 Å². The van der Waals surface area contributed by atoms with Crippen LogP contribution in [0.5, 0.6) is 0 Å². The van der Waals surface area contributed by atoms with E-state index in [4.69, 9.17) is 0 Å². The summed E-state index contributed by atoms with van der Waals surface area (Å²) in [6, 6.07) is 20.2. The summed E-state index contributed by atoms with van der Waals surface area (Å²) in [7, 11) is 0. The highest BCUT2D eigenvalue weighted by molar-refractivity contribution is 5.19. The molecule has 0 saturated carbocycles. The van der Waals surface area contributed by atoms with Crippen LogP contribution in [0.25, 0.3) is 0 Å². The van der Waals surface area contributed by atoms with Gasteiger partial charge >= 0.3 is 0 Å². The Balaban J connectivity index is 1.78. The van der Waals surface area contributed by atoms with Gasteiger partial charge in [-0.25, -0.2) is 0 Å². The van der Waals surface area contributed by atoms with Gasteiger partial charge in [-0.05, 0) is 17.0 Å². The van der Waals surface area contributed by atoms with Crippen molar-refractivity contribution in [3.63, 3.8) is 0 Å². The third-order valence-electron chi connectivity index (χ3n) is 3.34. The molecule has 2 aromatic carbocycles. The molecule has 100 valence electrons. The second kappa shape index (κ2) is 7.07. The third-order valence-corrected chi connectivity index (χ3v) is 3.34. The van der Waals surface area contributed by atoms with Gasteiger partial charge in [0.15, 0.2) is 0 Å². The van der Waals surface area contributed by atoms with Crippen LogP contribution in [0.2, 0.25) is 0 Å². The summed E-state index contributed by atoms with van der Waals surface area (Å²) in [4.78, 5) is 0. The Kier molecular flexibility index (Phi) is 5.13. The quantitative estimate of drug-likeness (QED) is 0.831. The summed E-state index contributed by atoms with van der Waals surface area (Å²) in [6.45, 7) is 3.65. The van der Waals surface area contributed by atoms with Gasteiger partial charge in [-0.2, -0.15) is 0 Å². The molecule has 0 aliphatic carbocycles. The number of hydrogen-bond acceptors (Lipinski definition) is 2. The van der Waals surface area contributed by atoms with Crippen molar-refractivity contribution in [1.29, 1.82) is 0 Å². The summed E-state index contributed by atoms with van der Waals surface area (Å²) in [5.74, 6) is 0.448. The second-order valence-electron chi connectivity index (χ2n) is 4.90. The fraction of sp³-hybridized carbons (Fsp3) is 0.294. The maximum atomic E-state index is 10.0. The Bertz CT molecular complexity index is 424. The van der Waals surface area contributed by atoms with Crippen molar-refractivity contribution >= 4 is 0 Å². The zero-order chi connectivity index (χ0) is 13.5. The van der Waals surface area contributed by atoms with E-state index in [1.54, 1.807) is 0 Å². The largest absolute Gasteiger partial charge is 0.387 e. The fourth-order valence-electron chi connectivity index (χ4n) is 2.13. The minimum absolute atomic E-state index is 0.441. The first-order valence-corrected chi connectivity index (χ1v) is 6.76. The number of rotatable bonds is 6. The van der Waals surface area contributed by atoms with Crippen LogP contribution in [-0.4, -0.2) is 18.2 Å². The molecule has 0 amide bonds. The van der Waals surface area contributed by atoms with Crippen molar-refractivity contribution in [3.8, 4) is 0 Å². The molecule has 2 N–H and O–H groups in total. The number of aliphatic hydroxyl groups excluding tert-OH is 1. The van der Waals surface area contributed by atoms with Gasteiger partial charge in [0.25, 0.3) is 0 Å². The molecule has 0 radical (unpaired) electrons. The monoisotopic (exact) mass is 255 g/mol. The lowest BCUT2D eigenvalue weighted by Crippen LogP contribution is -2.25. The molecule has 0 bridgehead atoms. The summed E-state index contributed by atoms with van der Waals surface area (Å²) in [5.41, 5.74) is 2.28. The molecule has 0 saturated heterocycles. The highest BCUT2D eigenvalue weighted by Crippen LogP contribution is 2.14. The van der Waals surface area contributed by atoms with Crippen LogP contribution >= 0.6 is 0 Å². The van der Waals surface area contributed by atoms with Crippen molar-refractivity contribution in [2.45, 2.75) is 18.9 Å². The first-order chi connectivity index (χ1) is 9.27. The summed E-state index contributed by atoms with van der Waals surface area (Å²) in [5, 5.41) is 13.4. The minimum Gasteiger partial charge on any atom is -0.387 e. The molecule has 19 heavy (non-hydrogen) atoms. The van der Waals surface area contributed by atoms with Crippen molar-refractivity contribution in [2.75, 3.05) is 13.1 Å². The van der Waals surface area contributed by atoms with E-state index in [2.05, 4.69) is 36.5 Å². The SMILES string of the molecule is C[C@H](CNC[C@@H](O)c1ccccc1)c1ccccc1. The van der Waals surface area contributed by atoms with Crippen LogP contribution in [-0.2, 0) is 0 Å². The smallest absolute Gasteiger partial charge is 0.0914 e. The third kappa shape index (κ3) is 4.19. The van der Waals surface area contributed by atoms with E-state index in [-0.39, 0.29) is 0 Å². The molecule has 2 nitrogen and oxygen atoms in total. The van der Waals surface area contributed by atoms with E-state index < -0.39 is 6.10 Å². The van der Waals surface area contributed by atoms with E-state index in [9.17, 15) is 5.11 Å². The zero-order valence-electron chi connectivity index (χ0n) is 11.3. The Labute approximate surface area is 115 Å². The first-order valence-electron chi connectivity index (χ1n) is 6.76. The van der Waals surface area contributed by atoms with Crippen molar-refractivity contribution in [2.24, 2.45) is 0 Å². The topological polar surface area (TPSA) is 32.3 Å². The van der Waals surface area contributed by atoms with Crippen molar-refractivity contribution in [3.05, 3.63) is 71.8 Å². The normalized spacial score (nSPS) is 14.0. The minimum atomic E-state index is -0.441. The molecule has 0 heterocycles. The Hall–Kier alpha value is -1.64. The zero-order valence-corrected chi connectivity index (χ0v) is 11.3. The molecule has 0 aromatic heterocycles. The van der Waals surface area contributed by atoms with Gasteiger partial charge in [0.05, 0.1) is 6.10 Å². The Morgan fingerprint density at radius 3 is 1.95 bits per heavy atom. The molecule has 2 atom stereocenters. The predicted molar refractivity (Wildman–Crippen MR) is 79.1 cm³/mol. The molecule has 2 rings (SSSR count). The molecular weight excluding hydrogens is 234 g/mol. The van der Waals surface area contributed by atoms with Crippen molar-refractivity contribution < 1.29 is 5.11 Å². The fourth-order valence-corrected chi connectivity index (χ4v) is 2.13. The lowest BCUT2D eigenvalue weighted by atomic mass is 10.0. The summed E-state index contributed by atoms with van der Waals surface area (Å²) in [6.07, 6.45) is -0.441. The van der Waals surface area contributed by atoms with Crippen LogP contribution < -0.4 is 5.32 Å². The maximum absolute atomic E-state index is 10.0. The number of benzene rings is 2. The van der Waals surface area contributed by atoms with E-state index in [1.807, 2.05) is 36.4 Å². The molecule has 2 heteroatoms. The van der Waals surface area contributed by atoms with Gasteiger partial charge in [-0.3, -0.25) is 0 Å². The predicted octanol–water partition coefficient (Wildman–Crippen LogP) is 3.11. The van der Waals surface area contributed by atoms with E-state index >= 15 is 0 Å². The van der Waals surface area contributed by atoms with Gasteiger partial charge in [-0.15, -0.1) is 0 Å². The summed E-state index contributed by atoms with van der Waals surface area (Å²) >= 11 is 0.